The predicted octanol–water partition coefficient (Wildman–Crippen LogP) is 4.45. The van der Waals surface area contributed by atoms with Crippen LogP contribution in [0.5, 0.6) is 0 Å². The lowest BCUT2D eigenvalue weighted by Crippen LogP contribution is -2.31. The Kier molecular flexibility index (Phi) is 6.19. The monoisotopic (exact) mass is 400 g/mol. The molecule has 27 heavy (non-hydrogen) atoms. The number of rotatable bonds is 6. The Balaban J connectivity index is 1.67. The van der Waals surface area contributed by atoms with Crippen LogP contribution in [0.15, 0.2) is 59.8 Å². The highest BCUT2D eigenvalue weighted by atomic mass is 35.5. The van der Waals surface area contributed by atoms with E-state index in [-0.39, 0.29) is 11.9 Å². The zero-order valence-electron chi connectivity index (χ0n) is 15.5. The highest BCUT2D eigenvalue weighted by molar-refractivity contribution is 7.99. The molecule has 1 heterocycles. The third kappa shape index (κ3) is 4.34. The van der Waals surface area contributed by atoms with Gasteiger partial charge in [-0.05, 0) is 24.6 Å². The topological polar surface area (TPSA) is 51.0 Å². The van der Waals surface area contributed by atoms with Gasteiger partial charge < -0.3 is 9.47 Å². The third-order valence-electron chi connectivity index (χ3n) is 4.53. The molecule has 0 aliphatic carbocycles. The minimum Gasteiger partial charge on any atom is -0.338 e. The molecule has 3 rings (SSSR count). The second kappa shape index (κ2) is 8.59. The van der Waals surface area contributed by atoms with Crippen molar-refractivity contribution in [3.05, 3.63) is 65.2 Å². The van der Waals surface area contributed by atoms with E-state index in [1.54, 1.807) is 4.90 Å². The van der Waals surface area contributed by atoms with Crippen LogP contribution in [0, 0.1) is 0 Å². The summed E-state index contributed by atoms with van der Waals surface area (Å²) in [5.41, 5.74) is 1.93. The molecule has 0 saturated carbocycles. The van der Waals surface area contributed by atoms with Gasteiger partial charge in [-0.25, -0.2) is 0 Å². The molecule has 140 valence electrons. The fourth-order valence-electron chi connectivity index (χ4n) is 2.72. The van der Waals surface area contributed by atoms with E-state index in [0.29, 0.717) is 21.8 Å². The summed E-state index contributed by atoms with van der Waals surface area (Å²) in [4.78, 5) is 14.4. The van der Waals surface area contributed by atoms with Crippen LogP contribution in [-0.4, -0.2) is 38.4 Å². The molecule has 1 amide bonds. The number of hydrogen-bond acceptors (Lipinski definition) is 4. The average Bonchev–Trinajstić information content (AvgIpc) is 3.06. The van der Waals surface area contributed by atoms with Crippen molar-refractivity contribution in [2.45, 2.75) is 18.1 Å². The van der Waals surface area contributed by atoms with Crippen LogP contribution in [-0.2, 0) is 11.8 Å². The second-order valence-corrected chi connectivity index (χ2v) is 7.57. The van der Waals surface area contributed by atoms with Crippen molar-refractivity contribution in [1.29, 1.82) is 0 Å². The second-order valence-electron chi connectivity index (χ2n) is 6.23. The Hall–Kier alpha value is -2.31. The van der Waals surface area contributed by atoms with Crippen molar-refractivity contribution >= 4 is 29.3 Å². The van der Waals surface area contributed by atoms with Crippen molar-refractivity contribution < 1.29 is 4.79 Å². The fraction of sp³-hybridized carbons (Fsp3) is 0.250. The van der Waals surface area contributed by atoms with Crippen LogP contribution in [0.4, 0.5) is 0 Å². The van der Waals surface area contributed by atoms with Gasteiger partial charge in [0.25, 0.3) is 0 Å². The lowest BCUT2D eigenvalue weighted by atomic mass is 10.1. The molecule has 0 aliphatic heterocycles. The van der Waals surface area contributed by atoms with E-state index in [2.05, 4.69) is 10.2 Å². The molecule has 5 nitrogen and oxygen atoms in total. The quantitative estimate of drug-likeness (QED) is 0.573. The maximum absolute atomic E-state index is 12.6. The van der Waals surface area contributed by atoms with Crippen LogP contribution in [0.1, 0.15) is 18.5 Å². The van der Waals surface area contributed by atoms with Crippen molar-refractivity contribution in [2.75, 3.05) is 12.8 Å². The summed E-state index contributed by atoms with van der Waals surface area (Å²) in [6.45, 7) is 2.02. The van der Waals surface area contributed by atoms with Crippen LogP contribution in [0.3, 0.4) is 0 Å². The molecule has 1 aromatic heterocycles. The predicted molar refractivity (Wildman–Crippen MR) is 110 cm³/mol. The number of thioether (sulfide) groups is 1. The number of aromatic nitrogens is 3. The van der Waals surface area contributed by atoms with Gasteiger partial charge in [0.15, 0.2) is 11.0 Å². The van der Waals surface area contributed by atoms with Gasteiger partial charge in [0.2, 0.25) is 5.91 Å². The van der Waals surface area contributed by atoms with Gasteiger partial charge in [-0.2, -0.15) is 0 Å². The van der Waals surface area contributed by atoms with E-state index in [1.807, 2.05) is 80.2 Å². The molecule has 0 unspecified atom stereocenters. The van der Waals surface area contributed by atoms with Gasteiger partial charge in [-0.1, -0.05) is 65.8 Å². The molecule has 1 atom stereocenters. The molecule has 0 aliphatic rings. The summed E-state index contributed by atoms with van der Waals surface area (Å²) in [6.07, 6.45) is 0. The van der Waals surface area contributed by atoms with Gasteiger partial charge in [-0.15, -0.1) is 10.2 Å². The Morgan fingerprint density at radius 1 is 1.15 bits per heavy atom. The first kappa shape index (κ1) is 19.5. The summed E-state index contributed by atoms with van der Waals surface area (Å²) in [6, 6.07) is 17.5. The SMILES string of the molecule is C[C@H](c1ccccc1)N(C)C(=O)CSc1nnc(-c2ccccc2Cl)n1C. The van der Waals surface area contributed by atoms with E-state index < -0.39 is 0 Å². The minimum absolute atomic E-state index is 0.0116. The number of amides is 1. The Morgan fingerprint density at radius 2 is 1.81 bits per heavy atom. The first-order chi connectivity index (χ1) is 13.0. The first-order valence-corrected chi connectivity index (χ1v) is 9.93. The summed E-state index contributed by atoms with van der Waals surface area (Å²) < 4.78 is 1.86. The molecule has 0 N–H and O–H groups in total. The highest BCUT2D eigenvalue weighted by Gasteiger charge is 2.19. The summed E-state index contributed by atoms with van der Waals surface area (Å²) in [5.74, 6) is 1.02. The van der Waals surface area contributed by atoms with Crippen molar-refractivity contribution in [2.24, 2.45) is 7.05 Å². The highest BCUT2D eigenvalue weighted by Crippen LogP contribution is 2.28. The molecule has 0 spiro atoms. The first-order valence-electron chi connectivity index (χ1n) is 8.56. The van der Waals surface area contributed by atoms with Crippen molar-refractivity contribution in [3.63, 3.8) is 0 Å². The normalized spacial score (nSPS) is 12.0. The smallest absolute Gasteiger partial charge is 0.233 e. The van der Waals surface area contributed by atoms with Gasteiger partial charge in [-0.3, -0.25) is 4.79 Å². The van der Waals surface area contributed by atoms with E-state index in [4.69, 9.17) is 11.6 Å². The maximum Gasteiger partial charge on any atom is 0.233 e. The van der Waals surface area contributed by atoms with Crippen molar-refractivity contribution in [3.8, 4) is 11.4 Å². The number of benzene rings is 2. The van der Waals surface area contributed by atoms with Gasteiger partial charge in [0, 0.05) is 19.7 Å². The summed E-state index contributed by atoms with van der Waals surface area (Å²) >= 11 is 7.63. The fourth-order valence-corrected chi connectivity index (χ4v) is 3.77. The standard InChI is InChI=1S/C20H21ClN4OS/c1-14(15-9-5-4-6-10-15)24(2)18(26)13-27-20-23-22-19(25(20)3)16-11-7-8-12-17(16)21/h4-12,14H,13H2,1-3H3/t14-/m1/s1. The zero-order chi connectivity index (χ0) is 19.4. The molecule has 0 bridgehead atoms. The minimum atomic E-state index is 0.0116. The number of carbonyl (C=O) groups is 1. The Labute approximate surface area is 168 Å². The molecular weight excluding hydrogens is 380 g/mol. The average molecular weight is 401 g/mol. The number of nitrogens with zero attached hydrogens (tertiary/aromatic N) is 4. The van der Waals surface area contributed by atoms with E-state index in [1.165, 1.54) is 11.8 Å². The molecule has 7 heteroatoms. The van der Waals surface area contributed by atoms with Gasteiger partial charge >= 0.3 is 0 Å². The van der Waals surface area contributed by atoms with Crippen LogP contribution >= 0.6 is 23.4 Å². The van der Waals surface area contributed by atoms with Gasteiger partial charge in [0.1, 0.15) is 0 Å². The van der Waals surface area contributed by atoms with Crippen molar-refractivity contribution in [1.82, 2.24) is 19.7 Å². The van der Waals surface area contributed by atoms with Crippen LogP contribution < -0.4 is 0 Å². The lowest BCUT2D eigenvalue weighted by Gasteiger charge is -2.25. The van der Waals surface area contributed by atoms with Crippen LogP contribution in [0.25, 0.3) is 11.4 Å². The molecule has 3 aromatic rings. The lowest BCUT2D eigenvalue weighted by molar-refractivity contribution is -0.128. The Bertz CT molecular complexity index is 929. The van der Waals surface area contributed by atoms with Crippen LogP contribution in [0.2, 0.25) is 5.02 Å². The molecule has 0 fully saturated rings. The molecular formula is C20H21ClN4OS. The Morgan fingerprint density at radius 3 is 2.52 bits per heavy atom. The molecule has 0 radical (unpaired) electrons. The van der Waals surface area contributed by atoms with E-state index >= 15 is 0 Å². The third-order valence-corrected chi connectivity index (χ3v) is 5.87. The number of carbonyl (C=O) groups excluding carboxylic acids is 1. The number of hydrogen-bond donors (Lipinski definition) is 0. The summed E-state index contributed by atoms with van der Waals surface area (Å²) in [5, 5.41) is 9.75. The number of halogens is 1. The van der Waals surface area contributed by atoms with E-state index in [9.17, 15) is 4.79 Å². The van der Waals surface area contributed by atoms with E-state index in [0.717, 1.165) is 11.1 Å². The summed E-state index contributed by atoms with van der Waals surface area (Å²) in [7, 11) is 3.70. The molecule has 2 aromatic carbocycles. The maximum atomic E-state index is 12.6. The van der Waals surface area contributed by atoms with Gasteiger partial charge in [0.05, 0.1) is 16.8 Å². The zero-order valence-corrected chi connectivity index (χ0v) is 17.0. The molecule has 0 saturated heterocycles. The largest absolute Gasteiger partial charge is 0.338 e.